The standard InChI is InChI=1S/C8H3F2IN2O/c9-5-1-4(2-6(10)3-5)7-12-13-8(11)14-7/h1-3H. The van der Waals surface area contributed by atoms with Gasteiger partial charge in [0.1, 0.15) is 11.6 Å². The quantitative estimate of drug-likeness (QED) is 0.760. The van der Waals surface area contributed by atoms with Crippen molar-refractivity contribution in [2.45, 2.75) is 0 Å². The molecule has 0 unspecified atom stereocenters. The van der Waals surface area contributed by atoms with Gasteiger partial charge in [-0.05, 0) is 12.1 Å². The van der Waals surface area contributed by atoms with Gasteiger partial charge in [-0.25, -0.2) is 8.78 Å². The molecule has 1 heterocycles. The van der Waals surface area contributed by atoms with Gasteiger partial charge >= 0.3 is 0 Å². The van der Waals surface area contributed by atoms with E-state index >= 15 is 0 Å². The number of hydrogen-bond donors (Lipinski definition) is 0. The predicted octanol–water partition coefficient (Wildman–Crippen LogP) is 2.62. The summed E-state index contributed by atoms with van der Waals surface area (Å²) in [5.74, 6) is -1.24. The lowest BCUT2D eigenvalue weighted by molar-refractivity contribution is 0.533. The highest BCUT2D eigenvalue weighted by Gasteiger charge is 2.09. The van der Waals surface area contributed by atoms with Gasteiger partial charge in [0, 0.05) is 34.2 Å². The summed E-state index contributed by atoms with van der Waals surface area (Å²) in [6.07, 6.45) is 0. The van der Waals surface area contributed by atoms with Gasteiger partial charge < -0.3 is 4.42 Å². The van der Waals surface area contributed by atoms with Crippen molar-refractivity contribution in [3.05, 3.63) is 33.7 Å². The van der Waals surface area contributed by atoms with Gasteiger partial charge in [-0.3, -0.25) is 0 Å². The first-order valence-corrected chi connectivity index (χ1v) is 4.68. The Morgan fingerprint density at radius 2 is 1.71 bits per heavy atom. The summed E-state index contributed by atoms with van der Waals surface area (Å²) in [5.41, 5.74) is 0.234. The number of halogens is 3. The monoisotopic (exact) mass is 308 g/mol. The number of aromatic nitrogens is 2. The summed E-state index contributed by atoms with van der Waals surface area (Å²) in [6.45, 7) is 0. The lowest BCUT2D eigenvalue weighted by Crippen LogP contribution is -1.84. The molecule has 3 nitrogen and oxygen atoms in total. The van der Waals surface area contributed by atoms with Crippen LogP contribution < -0.4 is 0 Å². The van der Waals surface area contributed by atoms with Crippen LogP contribution in [0.25, 0.3) is 11.5 Å². The minimum absolute atomic E-state index is 0.104. The van der Waals surface area contributed by atoms with Crippen molar-refractivity contribution in [1.82, 2.24) is 10.2 Å². The zero-order chi connectivity index (χ0) is 10.1. The van der Waals surface area contributed by atoms with E-state index in [1.165, 1.54) is 0 Å². The normalized spacial score (nSPS) is 10.5. The number of hydrogen-bond acceptors (Lipinski definition) is 3. The Balaban J connectivity index is 2.51. The van der Waals surface area contributed by atoms with E-state index in [2.05, 4.69) is 10.2 Å². The molecule has 0 spiro atoms. The molecule has 0 radical (unpaired) electrons. The fraction of sp³-hybridized carbons (Fsp3) is 0. The number of nitrogens with zero attached hydrogens (tertiary/aromatic N) is 2. The minimum Gasteiger partial charge on any atom is -0.412 e. The molecule has 1 aromatic heterocycles. The van der Waals surface area contributed by atoms with E-state index in [9.17, 15) is 8.78 Å². The molecule has 2 aromatic rings. The fourth-order valence-electron chi connectivity index (χ4n) is 0.999. The van der Waals surface area contributed by atoms with Gasteiger partial charge in [0.05, 0.1) is 0 Å². The van der Waals surface area contributed by atoms with E-state index in [4.69, 9.17) is 4.42 Å². The lowest BCUT2D eigenvalue weighted by Gasteiger charge is -1.95. The Bertz CT molecular complexity index is 452. The molecule has 0 atom stereocenters. The summed E-state index contributed by atoms with van der Waals surface area (Å²) in [4.78, 5) is 0. The van der Waals surface area contributed by atoms with Crippen LogP contribution in [0.15, 0.2) is 22.6 Å². The summed E-state index contributed by atoms with van der Waals surface area (Å²) >= 11 is 1.82. The molecular formula is C8H3F2IN2O. The van der Waals surface area contributed by atoms with Gasteiger partial charge in [-0.1, -0.05) is 0 Å². The van der Waals surface area contributed by atoms with Crippen LogP contribution in [0.3, 0.4) is 0 Å². The van der Waals surface area contributed by atoms with Crippen LogP contribution in [0.5, 0.6) is 0 Å². The zero-order valence-corrected chi connectivity index (χ0v) is 8.83. The van der Waals surface area contributed by atoms with Crippen molar-refractivity contribution >= 4 is 22.6 Å². The molecule has 0 aliphatic rings. The van der Waals surface area contributed by atoms with Gasteiger partial charge in [-0.2, -0.15) is 0 Å². The van der Waals surface area contributed by atoms with E-state index in [1.54, 1.807) is 0 Å². The Hall–Kier alpha value is -1.05. The lowest BCUT2D eigenvalue weighted by atomic mass is 10.2. The van der Waals surface area contributed by atoms with Crippen molar-refractivity contribution < 1.29 is 13.2 Å². The van der Waals surface area contributed by atoms with Crippen LogP contribution in [0.1, 0.15) is 0 Å². The molecule has 0 aliphatic heterocycles. The first kappa shape index (κ1) is 9.50. The van der Waals surface area contributed by atoms with E-state index in [-0.39, 0.29) is 11.5 Å². The van der Waals surface area contributed by atoms with Crippen LogP contribution in [-0.2, 0) is 0 Å². The SMILES string of the molecule is Fc1cc(F)cc(-c2nnc(I)o2)c1. The van der Waals surface area contributed by atoms with E-state index < -0.39 is 11.6 Å². The zero-order valence-electron chi connectivity index (χ0n) is 6.67. The van der Waals surface area contributed by atoms with Crippen LogP contribution in [0.2, 0.25) is 0 Å². The molecule has 0 bridgehead atoms. The minimum atomic E-state index is -0.673. The maximum atomic E-state index is 12.8. The molecule has 0 saturated carbocycles. The van der Waals surface area contributed by atoms with Crippen molar-refractivity contribution in [3.8, 4) is 11.5 Å². The van der Waals surface area contributed by atoms with Crippen LogP contribution in [0, 0.1) is 15.5 Å². The van der Waals surface area contributed by atoms with Gasteiger partial charge in [-0.15, -0.1) is 10.2 Å². The second-order valence-corrected chi connectivity index (χ2v) is 3.44. The van der Waals surface area contributed by atoms with Gasteiger partial charge in [0.15, 0.2) is 0 Å². The third-order valence-corrected chi connectivity index (χ3v) is 1.95. The average Bonchev–Trinajstić information content (AvgIpc) is 2.50. The third-order valence-electron chi connectivity index (χ3n) is 1.51. The van der Waals surface area contributed by atoms with Crippen LogP contribution >= 0.6 is 22.6 Å². The third kappa shape index (κ3) is 1.89. The maximum absolute atomic E-state index is 12.8. The second kappa shape index (κ2) is 3.60. The van der Waals surface area contributed by atoms with Crippen molar-refractivity contribution in [1.29, 1.82) is 0 Å². The second-order valence-electron chi connectivity index (χ2n) is 2.52. The highest BCUT2D eigenvalue weighted by Crippen LogP contribution is 2.20. The number of benzene rings is 1. The van der Waals surface area contributed by atoms with E-state index in [0.717, 1.165) is 18.2 Å². The molecule has 0 amide bonds. The fourth-order valence-corrected chi connectivity index (χ4v) is 1.32. The molecule has 72 valence electrons. The van der Waals surface area contributed by atoms with Crippen LogP contribution in [0.4, 0.5) is 8.78 Å². The molecular weight excluding hydrogens is 305 g/mol. The Kier molecular flexibility index (Phi) is 2.44. The Morgan fingerprint density at radius 1 is 1.07 bits per heavy atom. The van der Waals surface area contributed by atoms with Crippen molar-refractivity contribution in [3.63, 3.8) is 0 Å². The molecule has 0 fully saturated rings. The molecule has 2 rings (SSSR count). The highest BCUT2D eigenvalue weighted by molar-refractivity contribution is 14.1. The van der Waals surface area contributed by atoms with Gasteiger partial charge in [0.2, 0.25) is 5.89 Å². The van der Waals surface area contributed by atoms with Crippen LogP contribution in [-0.4, -0.2) is 10.2 Å². The molecule has 0 N–H and O–H groups in total. The first-order valence-electron chi connectivity index (χ1n) is 3.60. The van der Waals surface area contributed by atoms with E-state index in [0.29, 0.717) is 3.90 Å². The summed E-state index contributed by atoms with van der Waals surface area (Å²) in [5, 5.41) is 7.19. The molecule has 0 aliphatic carbocycles. The smallest absolute Gasteiger partial charge is 0.278 e. The largest absolute Gasteiger partial charge is 0.412 e. The molecule has 14 heavy (non-hydrogen) atoms. The maximum Gasteiger partial charge on any atom is 0.278 e. The topological polar surface area (TPSA) is 38.9 Å². The molecule has 6 heteroatoms. The summed E-state index contributed by atoms with van der Waals surface area (Å²) < 4.78 is 30.9. The Morgan fingerprint density at radius 3 is 2.21 bits per heavy atom. The first-order chi connectivity index (χ1) is 6.65. The molecule has 1 aromatic carbocycles. The Labute approximate surface area is 91.3 Å². The number of rotatable bonds is 1. The summed E-state index contributed by atoms with van der Waals surface area (Å²) in [6, 6.07) is 3.05. The molecule has 0 saturated heterocycles. The van der Waals surface area contributed by atoms with Crippen molar-refractivity contribution in [2.75, 3.05) is 0 Å². The average molecular weight is 308 g/mol. The van der Waals surface area contributed by atoms with Crippen molar-refractivity contribution in [2.24, 2.45) is 0 Å². The summed E-state index contributed by atoms with van der Waals surface area (Å²) in [7, 11) is 0. The van der Waals surface area contributed by atoms with Gasteiger partial charge in [0.25, 0.3) is 3.90 Å². The predicted molar refractivity (Wildman–Crippen MR) is 52.4 cm³/mol. The highest BCUT2D eigenvalue weighted by atomic mass is 127. The van der Waals surface area contributed by atoms with E-state index in [1.807, 2.05) is 22.6 Å².